The highest BCUT2D eigenvalue weighted by Gasteiger charge is 2.10. The van der Waals surface area contributed by atoms with Gasteiger partial charge in [-0.2, -0.15) is 0 Å². The van der Waals surface area contributed by atoms with Gasteiger partial charge < -0.3 is 9.88 Å². The Morgan fingerprint density at radius 2 is 2.15 bits per heavy atom. The first-order chi connectivity index (χ1) is 9.69. The molecule has 0 bridgehead atoms. The first kappa shape index (κ1) is 12.8. The van der Waals surface area contributed by atoms with Crippen molar-refractivity contribution in [1.82, 2.24) is 19.5 Å². The number of fused-ring (bicyclic) bond motifs is 1. The van der Waals surface area contributed by atoms with Gasteiger partial charge in [-0.15, -0.1) is 0 Å². The van der Waals surface area contributed by atoms with Gasteiger partial charge in [0.15, 0.2) is 17.0 Å². The van der Waals surface area contributed by atoms with Gasteiger partial charge in [-0.25, -0.2) is 19.3 Å². The van der Waals surface area contributed by atoms with E-state index in [1.54, 1.807) is 12.4 Å². The monoisotopic (exact) mass is 291 g/mol. The molecule has 0 spiro atoms. The van der Waals surface area contributed by atoms with Crippen molar-refractivity contribution in [2.75, 3.05) is 5.32 Å². The maximum absolute atomic E-state index is 13.4. The zero-order valence-electron chi connectivity index (χ0n) is 10.6. The summed E-state index contributed by atoms with van der Waals surface area (Å²) in [6.45, 7) is 2.77. The number of imidazole rings is 1. The zero-order chi connectivity index (χ0) is 14.1. The number of hydrogen-bond donors (Lipinski definition) is 1. The molecule has 0 atom stereocenters. The summed E-state index contributed by atoms with van der Waals surface area (Å²) < 4.78 is 15.3. The smallest absolute Gasteiger partial charge is 0.165 e. The zero-order valence-corrected chi connectivity index (χ0v) is 11.4. The molecule has 2 aromatic heterocycles. The Kier molecular flexibility index (Phi) is 3.23. The molecule has 0 saturated heterocycles. The van der Waals surface area contributed by atoms with Gasteiger partial charge in [-0.1, -0.05) is 11.6 Å². The third-order valence-corrected chi connectivity index (χ3v) is 3.23. The molecule has 5 nitrogen and oxygen atoms in total. The molecule has 1 N–H and O–H groups in total. The average molecular weight is 292 g/mol. The predicted octanol–water partition coefficient (Wildman–Crippen LogP) is 3.38. The van der Waals surface area contributed by atoms with Gasteiger partial charge in [-0.05, 0) is 25.1 Å². The molecule has 20 heavy (non-hydrogen) atoms. The molecule has 0 fully saturated rings. The third-order valence-electron chi connectivity index (χ3n) is 2.92. The van der Waals surface area contributed by atoms with E-state index in [9.17, 15) is 4.39 Å². The third kappa shape index (κ3) is 2.18. The lowest BCUT2D eigenvalue weighted by molar-refractivity contribution is 0.629. The first-order valence-corrected chi connectivity index (χ1v) is 6.44. The molecular weight excluding hydrogens is 281 g/mol. The van der Waals surface area contributed by atoms with Crippen LogP contribution in [0.25, 0.3) is 11.2 Å². The van der Waals surface area contributed by atoms with E-state index in [1.807, 2.05) is 11.5 Å². The molecule has 3 aromatic rings. The summed E-state index contributed by atoms with van der Waals surface area (Å²) in [4.78, 5) is 12.6. The summed E-state index contributed by atoms with van der Waals surface area (Å²) in [5, 5.41) is 3.11. The van der Waals surface area contributed by atoms with E-state index in [0.717, 1.165) is 12.2 Å². The molecule has 0 radical (unpaired) electrons. The maximum Gasteiger partial charge on any atom is 0.165 e. The summed E-state index contributed by atoms with van der Waals surface area (Å²) >= 11 is 5.66. The molecule has 0 aliphatic carbocycles. The van der Waals surface area contributed by atoms with E-state index >= 15 is 0 Å². The van der Waals surface area contributed by atoms with Gasteiger partial charge in [0.05, 0.1) is 11.3 Å². The van der Waals surface area contributed by atoms with Crippen LogP contribution in [0, 0.1) is 5.82 Å². The van der Waals surface area contributed by atoms with E-state index in [0.29, 0.717) is 17.0 Å². The molecule has 0 aliphatic rings. The minimum atomic E-state index is -0.485. The van der Waals surface area contributed by atoms with Gasteiger partial charge in [0, 0.05) is 12.2 Å². The number of aryl methyl sites for hydroxylation is 1. The van der Waals surface area contributed by atoms with Crippen molar-refractivity contribution < 1.29 is 4.39 Å². The van der Waals surface area contributed by atoms with E-state index in [4.69, 9.17) is 11.6 Å². The lowest BCUT2D eigenvalue weighted by Crippen LogP contribution is -1.98. The average Bonchev–Trinajstić information content (AvgIpc) is 2.87. The van der Waals surface area contributed by atoms with Crippen LogP contribution in [-0.2, 0) is 6.54 Å². The Balaban J connectivity index is 2.02. The van der Waals surface area contributed by atoms with Crippen LogP contribution in [0.4, 0.5) is 15.9 Å². The Morgan fingerprint density at radius 1 is 1.30 bits per heavy atom. The molecular formula is C13H11ClFN5. The summed E-state index contributed by atoms with van der Waals surface area (Å²) in [5.74, 6) is 0.0463. The maximum atomic E-state index is 13.4. The Morgan fingerprint density at radius 3 is 2.90 bits per heavy atom. The van der Waals surface area contributed by atoms with Crippen LogP contribution >= 0.6 is 11.6 Å². The lowest BCUT2D eigenvalue weighted by atomic mass is 10.3. The van der Waals surface area contributed by atoms with Crippen molar-refractivity contribution >= 4 is 34.3 Å². The molecule has 0 saturated carbocycles. The van der Waals surface area contributed by atoms with Crippen LogP contribution in [0.2, 0.25) is 5.02 Å². The minimum Gasteiger partial charge on any atom is -0.338 e. The highest BCUT2D eigenvalue weighted by molar-refractivity contribution is 6.30. The largest absolute Gasteiger partial charge is 0.338 e. The Labute approximate surface area is 119 Å². The van der Waals surface area contributed by atoms with Gasteiger partial charge in [0.2, 0.25) is 0 Å². The number of aromatic nitrogens is 4. The Hall–Kier alpha value is -2.21. The van der Waals surface area contributed by atoms with Crippen LogP contribution in [0.5, 0.6) is 0 Å². The van der Waals surface area contributed by atoms with Crippen molar-refractivity contribution in [2.24, 2.45) is 0 Å². The molecule has 7 heteroatoms. The first-order valence-electron chi connectivity index (χ1n) is 6.07. The molecule has 0 aliphatic heterocycles. The van der Waals surface area contributed by atoms with Crippen LogP contribution in [0.3, 0.4) is 0 Å². The number of rotatable bonds is 3. The molecule has 0 unspecified atom stereocenters. The molecule has 0 amide bonds. The second-order valence-corrected chi connectivity index (χ2v) is 4.59. The van der Waals surface area contributed by atoms with Crippen LogP contribution in [0.1, 0.15) is 6.92 Å². The summed E-state index contributed by atoms with van der Waals surface area (Å²) in [5.41, 5.74) is 1.93. The number of nitrogens with zero attached hydrogens (tertiary/aromatic N) is 4. The molecule has 2 heterocycles. The fourth-order valence-electron chi connectivity index (χ4n) is 1.91. The SMILES string of the molecule is CCn1cnc2c(Nc3ccc(Cl)c(F)c3)ncnc21. The van der Waals surface area contributed by atoms with Crippen molar-refractivity contribution in [3.63, 3.8) is 0 Å². The minimum absolute atomic E-state index is 0.0821. The van der Waals surface area contributed by atoms with Crippen LogP contribution < -0.4 is 5.32 Å². The predicted molar refractivity (Wildman–Crippen MR) is 75.7 cm³/mol. The van der Waals surface area contributed by atoms with Gasteiger partial charge >= 0.3 is 0 Å². The second kappa shape index (κ2) is 5.05. The second-order valence-electron chi connectivity index (χ2n) is 4.18. The number of nitrogens with one attached hydrogen (secondary N) is 1. The number of hydrogen-bond acceptors (Lipinski definition) is 4. The number of anilines is 2. The van der Waals surface area contributed by atoms with Crippen LogP contribution in [-0.4, -0.2) is 19.5 Å². The van der Waals surface area contributed by atoms with Crippen molar-refractivity contribution in [3.05, 3.63) is 41.7 Å². The van der Waals surface area contributed by atoms with Crippen molar-refractivity contribution in [2.45, 2.75) is 13.5 Å². The van der Waals surface area contributed by atoms with E-state index in [-0.39, 0.29) is 5.02 Å². The highest BCUT2D eigenvalue weighted by Crippen LogP contribution is 2.24. The van der Waals surface area contributed by atoms with E-state index < -0.39 is 5.82 Å². The fraction of sp³-hybridized carbons (Fsp3) is 0.154. The summed E-state index contributed by atoms with van der Waals surface area (Å²) in [6, 6.07) is 4.48. The quantitative estimate of drug-likeness (QED) is 0.804. The number of halogens is 2. The molecule has 1 aromatic carbocycles. The fourth-order valence-corrected chi connectivity index (χ4v) is 2.03. The van der Waals surface area contributed by atoms with E-state index in [1.165, 1.54) is 18.5 Å². The van der Waals surface area contributed by atoms with Gasteiger partial charge in [0.1, 0.15) is 12.1 Å². The summed E-state index contributed by atoms with van der Waals surface area (Å²) in [6.07, 6.45) is 3.15. The normalized spacial score (nSPS) is 10.9. The Bertz CT molecular complexity index is 771. The van der Waals surface area contributed by atoms with Crippen LogP contribution in [0.15, 0.2) is 30.9 Å². The molecule has 102 valence electrons. The van der Waals surface area contributed by atoms with Crippen molar-refractivity contribution in [1.29, 1.82) is 0 Å². The lowest BCUT2D eigenvalue weighted by Gasteiger charge is -2.06. The summed E-state index contributed by atoms with van der Waals surface area (Å²) in [7, 11) is 0. The van der Waals surface area contributed by atoms with Gasteiger partial charge in [-0.3, -0.25) is 0 Å². The van der Waals surface area contributed by atoms with Crippen molar-refractivity contribution in [3.8, 4) is 0 Å². The van der Waals surface area contributed by atoms with E-state index in [2.05, 4.69) is 20.3 Å². The standard InChI is InChI=1S/C13H11ClFN5/c1-2-20-7-18-11-12(16-6-17-13(11)20)19-8-3-4-9(14)10(15)5-8/h3-7H,2H2,1H3,(H,16,17,19). The van der Waals surface area contributed by atoms with Gasteiger partial charge in [0.25, 0.3) is 0 Å². The molecule has 3 rings (SSSR count). The number of benzene rings is 1. The highest BCUT2D eigenvalue weighted by atomic mass is 35.5. The topological polar surface area (TPSA) is 55.6 Å².